The highest BCUT2D eigenvalue weighted by molar-refractivity contribution is 7.92. The Hall–Kier alpha value is -3.91. The molecular formula is C24H19N3O4S. The van der Waals surface area contributed by atoms with Crippen LogP contribution in [0, 0.1) is 13.8 Å². The first-order valence-electron chi connectivity index (χ1n) is 9.93. The molecule has 32 heavy (non-hydrogen) atoms. The van der Waals surface area contributed by atoms with E-state index in [0.717, 1.165) is 16.7 Å². The number of hydrogen-bond acceptors (Lipinski definition) is 6. The summed E-state index contributed by atoms with van der Waals surface area (Å²) in [4.78, 5) is 4.58. The van der Waals surface area contributed by atoms with Gasteiger partial charge in [0.05, 0.1) is 4.90 Å². The Balaban J connectivity index is 1.51. The second-order valence-corrected chi connectivity index (χ2v) is 9.16. The molecule has 2 heterocycles. The molecule has 5 aromatic rings. The second kappa shape index (κ2) is 7.65. The van der Waals surface area contributed by atoms with Gasteiger partial charge in [0.15, 0.2) is 5.76 Å². The molecule has 3 aromatic carbocycles. The summed E-state index contributed by atoms with van der Waals surface area (Å²) < 4.78 is 39.8. The van der Waals surface area contributed by atoms with Gasteiger partial charge >= 0.3 is 0 Å². The van der Waals surface area contributed by atoms with Gasteiger partial charge in [-0.15, -0.1) is 0 Å². The van der Waals surface area contributed by atoms with Crippen LogP contribution in [0.5, 0.6) is 0 Å². The molecule has 0 aliphatic carbocycles. The Labute approximate surface area is 184 Å². The maximum absolute atomic E-state index is 12.9. The summed E-state index contributed by atoms with van der Waals surface area (Å²) in [5, 5.41) is 4.69. The lowest BCUT2D eigenvalue weighted by Crippen LogP contribution is -2.12. The molecule has 0 fully saturated rings. The SMILES string of the molecule is Cc1cccc(NS(=O)(=O)c2ccc3oc(-c4nc(-c5ccccc5)no4)c(C)c3c2)c1. The predicted molar refractivity (Wildman–Crippen MR) is 122 cm³/mol. The average Bonchev–Trinajstić information content (AvgIpc) is 3.39. The molecule has 0 atom stereocenters. The van der Waals surface area contributed by atoms with Crippen LogP contribution in [0.3, 0.4) is 0 Å². The van der Waals surface area contributed by atoms with E-state index in [1.165, 1.54) is 6.07 Å². The van der Waals surface area contributed by atoms with E-state index < -0.39 is 10.0 Å². The number of anilines is 1. The zero-order valence-electron chi connectivity index (χ0n) is 17.4. The molecule has 7 nitrogen and oxygen atoms in total. The van der Waals surface area contributed by atoms with Gasteiger partial charge < -0.3 is 8.94 Å². The van der Waals surface area contributed by atoms with Crippen molar-refractivity contribution in [1.29, 1.82) is 0 Å². The maximum atomic E-state index is 12.9. The van der Waals surface area contributed by atoms with Crippen molar-refractivity contribution < 1.29 is 17.4 Å². The number of aromatic nitrogens is 2. The summed E-state index contributed by atoms with van der Waals surface area (Å²) in [6.07, 6.45) is 0. The van der Waals surface area contributed by atoms with Crippen molar-refractivity contribution in [3.05, 3.63) is 83.9 Å². The summed E-state index contributed by atoms with van der Waals surface area (Å²) in [6.45, 7) is 3.74. The third kappa shape index (κ3) is 3.65. The smallest absolute Gasteiger partial charge is 0.294 e. The van der Waals surface area contributed by atoms with E-state index in [-0.39, 0.29) is 10.8 Å². The molecule has 0 saturated carbocycles. The maximum Gasteiger partial charge on any atom is 0.294 e. The lowest BCUT2D eigenvalue weighted by atomic mass is 10.1. The molecule has 160 valence electrons. The molecular weight excluding hydrogens is 426 g/mol. The van der Waals surface area contributed by atoms with Crippen LogP contribution in [0.15, 0.2) is 86.6 Å². The first-order valence-corrected chi connectivity index (χ1v) is 11.4. The van der Waals surface area contributed by atoms with Crippen molar-refractivity contribution in [2.75, 3.05) is 4.72 Å². The lowest BCUT2D eigenvalue weighted by molar-refractivity contribution is 0.419. The van der Waals surface area contributed by atoms with E-state index in [1.54, 1.807) is 30.3 Å². The fraction of sp³-hybridized carbons (Fsp3) is 0.0833. The van der Waals surface area contributed by atoms with Gasteiger partial charge in [-0.05, 0) is 49.7 Å². The molecule has 0 radical (unpaired) electrons. The topological polar surface area (TPSA) is 98.2 Å². The van der Waals surface area contributed by atoms with Gasteiger partial charge in [-0.3, -0.25) is 4.72 Å². The Kier molecular flexibility index (Phi) is 4.79. The van der Waals surface area contributed by atoms with Crippen LogP contribution >= 0.6 is 0 Å². The fourth-order valence-electron chi connectivity index (χ4n) is 3.51. The second-order valence-electron chi connectivity index (χ2n) is 7.48. The minimum atomic E-state index is -3.77. The molecule has 0 aliphatic heterocycles. The lowest BCUT2D eigenvalue weighted by Gasteiger charge is -2.08. The van der Waals surface area contributed by atoms with Crippen molar-refractivity contribution >= 4 is 26.7 Å². The third-order valence-corrected chi connectivity index (χ3v) is 6.52. The molecule has 0 unspecified atom stereocenters. The number of rotatable bonds is 5. The largest absolute Gasteiger partial charge is 0.451 e. The third-order valence-electron chi connectivity index (χ3n) is 5.14. The summed E-state index contributed by atoms with van der Waals surface area (Å²) in [5.74, 6) is 1.10. The van der Waals surface area contributed by atoms with Crippen molar-refractivity contribution in [2.24, 2.45) is 0 Å². The zero-order chi connectivity index (χ0) is 22.3. The van der Waals surface area contributed by atoms with Gasteiger partial charge in [-0.2, -0.15) is 4.98 Å². The van der Waals surface area contributed by atoms with E-state index in [1.807, 2.05) is 50.2 Å². The summed E-state index contributed by atoms with van der Waals surface area (Å²) >= 11 is 0. The Morgan fingerprint density at radius 3 is 2.50 bits per heavy atom. The number of aryl methyl sites for hydroxylation is 2. The van der Waals surface area contributed by atoms with Crippen LogP contribution in [0.25, 0.3) is 34.0 Å². The van der Waals surface area contributed by atoms with Gasteiger partial charge in [-0.1, -0.05) is 47.6 Å². The minimum absolute atomic E-state index is 0.137. The molecule has 0 aliphatic rings. The fourth-order valence-corrected chi connectivity index (χ4v) is 4.59. The number of benzene rings is 3. The van der Waals surface area contributed by atoms with Crippen molar-refractivity contribution in [3.63, 3.8) is 0 Å². The monoisotopic (exact) mass is 445 g/mol. The van der Waals surface area contributed by atoms with Gasteiger partial charge in [0, 0.05) is 22.2 Å². The summed E-state index contributed by atoms with van der Waals surface area (Å²) in [5.41, 5.74) is 3.55. The molecule has 0 saturated heterocycles. The van der Waals surface area contributed by atoms with Crippen molar-refractivity contribution in [2.45, 2.75) is 18.7 Å². The molecule has 1 N–H and O–H groups in total. The number of hydrogen-bond donors (Lipinski definition) is 1. The summed E-state index contributed by atoms with van der Waals surface area (Å²) in [6, 6.07) is 21.4. The standard InChI is InChI=1S/C24H19N3O4S/c1-15-7-6-10-18(13-15)27-32(28,29)19-11-12-21-20(14-19)16(2)22(30-21)24-25-23(26-31-24)17-8-4-3-5-9-17/h3-14,27H,1-2H3. The number of furan rings is 1. The molecule has 2 aromatic heterocycles. The molecule has 8 heteroatoms. The highest BCUT2D eigenvalue weighted by Crippen LogP contribution is 2.34. The normalized spacial score (nSPS) is 11.7. The van der Waals surface area contributed by atoms with Crippen LogP contribution in [-0.2, 0) is 10.0 Å². The van der Waals surface area contributed by atoms with Crippen LogP contribution in [0.2, 0.25) is 0 Å². The van der Waals surface area contributed by atoms with Crippen molar-refractivity contribution in [3.8, 4) is 23.0 Å². The first-order chi connectivity index (χ1) is 15.4. The van der Waals surface area contributed by atoms with Gasteiger partial charge in [0.25, 0.3) is 15.9 Å². The van der Waals surface area contributed by atoms with Crippen LogP contribution in [0.1, 0.15) is 11.1 Å². The number of sulfonamides is 1. The molecule has 5 rings (SSSR count). The van der Waals surface area contributed by atoms with E-state index in [9.17, 15) is 8.42 Å². The first kappa shape index (κ1) is 20.0. The van der Waals surface area contributed by atoms with Gasteiger partial charge in [-0.25, -0.2) is 8.42 Å². The van der Waals surface area contributed by atoms with E-state index in [2.05, 4.69) is 14.9 Å². The number of fused-ring (bicyclic) bond motifs is 1. The quantitative estimate of drug-likeness (QED) is 0.380. The van der Waals surface area contributed by atoms with Crippen LogP contribution in [-0.4, -0.2) is 18.6 Å². The van der Waals surface area contributed by atoms with Crippen LogP contribution in [0.4, 0.5) is 5.69 Å². The Morgan fingerprint density at radius 2 is 1.72 bits per heavy atom. The summed E-state index contributed by atoms with van der Waals surface area (Å²) in [7, 11) is -3.77. The van der Waals surface area contributed by atoms with Crippen molar-refractivity contribution in [1.82, 2.24) is 10.1 Å². The van der Waals surface area contributed by atoms with Crippen LogP contribution < -0.4 is 4.72 Å². The van der Waals surface area contributed by atoms with E-state index in [0.29, 0.717) is 28.2 Å². The van der Waals surface area contributed by atoms with E-state index in [4.69, 9.17) is 8.94 Å². The highest BCUT2D eigenvalue weighted by Gasteiger charge is 2.22. The highest BCUT2D eigenvalue weighted by atomic mass is 32.2. The average molecular weight is 446 g/mol. The Bertz CT molecular complexity index is 1540. The van der Waals surface area contributed by atoms with Gasteiger partial charge in [0.2, 0.25) is 5.82 Å². The number of nitrogens with one attached hydrogen (secondary N) is 1. The van der Waals surface area contributed by atoms with Gasteiger partial charge in [0.1, 0.15) is 5.58 Å². The van der Waals surface area contributed by atoms with E-state index >= 15 is 0 Å². The molecule has 0 bridgehead atoms. The number of nitrogens with zero attached hydrogens (tertiary/aromatic N) is 2. The Morgan fingerprint density at radius 1 is 0.906 bits per heavy atom. The molecule has 0 amide bonds. The predicted octanol–water partition coefficient (Wildman–Crippen LogP) is 5.57. The minimum Gasteiger partial charge on any atom is -0.451 e. The molecule has 0 spiro atoms. The zero-order valence-corrected chi connectivity index (χ0v) is 18.2.